The van der Waals surface area contributed by atoms with Crippen LogP contribution in [0.2, 0.25) is 5.02 Å². The van der Waals surface area contributed by atoms with Gasteiger partial charge in [0.05, 0.1) is 6.04 Å². The molecule has 0 radical (unpaired) electrons. The molecule has 24 heavy (non-hydrogen) atoms. The highest BCUT2D eigenvalue weighted by Gasteiger charge is 2.30. The number of hydrogen-bond donors (Lipinski definition) is 0. The molecular weight excluding hydrogens is 363 g/mol. The molecule has 1 amide bonds. The fourth-order valence-electron chi connectivity index (χ4n) is 2.46. The van der Waals surface area contributed by atoms with Crippen molar-refractivity contribution in [3.63, 3.8) is 0 Å². The summed E-state index contributed by atoms with van der Waals surface area (Å²) in [6.07, 6.45) is 0. The van der Waals surface area contributed by atoms with Gasteiger partial charge in [-0.2, -0.15) is 4.99 Å². The van der Waals surface area contributed by atoms with Gasteiger partial charge in [-0.3, -0.25) is 4.79 Å². The Morgan fingerprint density at radius 2 is 1.88 bits per heavy atom. The molecule has 2 aromatic carbocycles. The smallest absolute Gasteiger partial charge is 0.279 e. The summed E-state index contributed by atoms with van der Waals surface area (Å²) in [7, 11) is 0. The zero-order valence-corrected chi connectivity index (χ0v) is 15.2. The zero-order valence-electron chi connectivity index (χ0n) is 12.9. The van der Waals surface area contributed by atoms with Gasteiger partial charge in [0.15, 0.2) is 5.17 Å². The summed E-state index contributed by atoms with van der Waals surface area (Å²) in [6, 6.07) is 16.9. The summed E-state index contributed by atoms with van der Waals surface area (Å²) in [4.78, 5) is 18.8. The van der Waals surface area contributed by atoms with Gasteiger partial charge >= 0.3 is 0 Å². The van der Waals surface area contributed by atoms with Crippen molar-refractivity contribution in [2.75, 3.05) is 11.6 Å². The van der Waals surface area contributed by atoms with Crippen LogP contribution < -0.4 is 0 Å². The number of benzene rings is 2. The topological polar surface area (TPSA) is 32.7 Å². The van der Waals surface area contributed by atoms with Crippen molar-refractivity contribution in [2.24, 2.45) is 4.99 Å². The molecule has 0 bridgehead atoms. The van der Waals surface area contributed by atoms with Crippen LogP contribution >= 0.6 is 35.0 Å². The highest BCUT2D eigenvalue weighted by molar-refractivity contribution is 8.14. The van der Waals surface area contributed by atoms with E-state index in [-0.39, 0.29) is 11.9 Å². The van der Waals surface area contributed by atoms with Gasteiger partial charge in [-0.1, -0.05) is 59.8 Å². The highest BCUT2D eigenvalue weighted by atomic mass is 35.5. The second kappa shape index (κ2) is 8.06. The van der Waals surface area contributed by atoms with E-state index in [0.29, 0.717) is 28.2 Å². The quantitative estimate of drug-likeness (QED) is 0.723. The summed E-state index contributed by atoms with van der Waals surface area (Å²) < 4.78 is 0. The molecule has 3 rings (SSSR count). The molecule has 1 aliphatic heterocycles. The summed E-state index contributed by atoms with van der Waals surface area (Å²) in [6.45, 7) is 0.588. The fraction of sp³-hybridized carbons (Fsp3) is 0.222. The number of amides is 1. The average molecular weight is 379 g/mol. The Morgan fingerprint density at radius 3 is 2.58 bits per heavy atom. The third kappa shape index (κ3) is 3.94. The van der Waals surface area contributed by atoms with Crippen molar-refractivity contribution in [1.29, 1.82) is 0 Å². The van der Waals surface area contributed by atoms with Crippen molar-refractivity contribution in [3.05, 3.63) is 70.7 Å². The molecule has 1 fully saturated rings. The monoisotopic (exact) mass is 378 g/mol. The number of amidine groups is 1. The number of nitrogens with zero attached hydrogens (tertiary/aromatic N) is 2. The summed E-state index contributed by atoms with van der Waals surface area (Å²) >= 11 is 13.9. The molecule has 124 valence electrons. The third-order valence-electron chi connectivity index (χ3n) is 3.79. The van der Waals surface area contributed by atoms with Crippen molar-refractivity contribution < 1.29 is 4.79 Å². The van der Waals surface area contributed by atoms with E-state index >= 15 is 0 Å². The Balaban J connectivity index is 1.85. The Kier molecular flexibility index (Phi) is 5.82. The number of carbonyl (C=O) groups is 1. The molecule has 1 heterocycles. The van der Waals surface area contributed by atoms with Crippen LogP contribution in [0.3, 0.4) is 0 Å². The molecule has 6 heteroatoms. The van der Waals surface area contributed by atoms with Crippen LogP contribution in [0.1, 0.15) is 15.9 Å². The molecule has 0 spiro atoms. The lowest BCUT2D eigenvalue weighted by Gasteiger charge is -2.24. The molecule has 0 aliphatic carbocycles. The number of thioether (sulfide) groups is 1. The Labute approximate surface area is 155 Å². The zero-order chi connectivity index (χ0) is 16.9. The van der Waals surface area contributed by atoms with E-state index in [4.69, 9.17) is 23.2 Å². The van der Waals surface area contributed by atoms with Gasteiger partial charge in [-0.15, -0.1) is 11.6 Å². The first-order valence-electron chi connectivity index (χ1n) is 7.56. The Hall–Kier alpha value is -1.49. The van der Waals surface area contributed by atoms with Crippen LogP contribution in [0.5, 0.6) is 0 Å². The summed E-state index contributed by atoms with van der Waals surface area (Å²) in [5.41, 5.74) is 1.58. The predicted octanol–water partition coefficient (Wildman–Crippen LogP) is 4.69. The van der Waals surface area contributed by atoms with E-state index in [0.717, 1.165) is 11.3 Å². The minimum atomic E-state index is -0.238. The number of hydrogen-bond acceptors (Lipinski definition) is 2. The highest BCUT2D eigenvalue weighted by Crippen LogP contribution is 2.29. The maximum absolute atomic E-state index is 12.4. The molecule has 3 nitrogen and oxygen atoms in total. The number of carbonyl (C=O) groups excluding carboxylic acids is 1. The Bertz CT molecular complexity index is 752. The predicted molar refractivity (Wildman–Crippen MR) is 102 cm³/mol. The molecule has 1 atom stereocenters. The van der Waals surface area contributed by atoms with E-state index in [1.807, 2.05) is 42.5 Å². The number of alkyl halides is 1. The molecule has 2 aromatic rings. The van der Waals surface area contributed by atoms with Crippen LogP contribution in [-0.4, -0.2) is 33.6 Å². The largest absolute Gasteiger partial charge is 0.342 e. The van der Waals surface area contributed by atoms with Crippen LogP contribution in [0, 0.1) is 0 Å². The van der Waals surface area contributed by atoms with Gasteiger partial charge in [0.1, 0.15) is 0 Å². The molecule has 0 saturated carbocycles. The first-order chi connectivity index (χ1) is 11.7. The van der Waals surface area contributed by atoms with E-state index in [1.54, 1.807) is 23.9 Å². The molecule has 1 saturated heterocycles. The normalized spacial score (nSPS) is 19.0. The Morgan fingerprint density at radius 1 is 1.17 bits per heavy atom. The van der Waals surface area contributed by atoms with Gasteiger partial charge in [0.2, 0.25) is 0 Å². The van der Waals surface area contributed by atoms with E-state index < -0.39 is 0 Å². The fourth-order valence-corrected chi connectivity index (χ4v) is 4.23. The second-order valence-corrected chi connectivity index (χ2v) is 7.11. The lowest BCUT2D eigenvalue weighted by Crippen LogP contribution is -2.35. The van der Waals surface area contributed by atoms with E-state index in [2.05, 4.69) is 9.89 Å². The SMILES string of the molecule is O=C(N=C1SCC(CCl)N1Cc1ccccc1Cl)c1ccccc1. The van der Waals surface area contributed by atoms with E-state index in [1.165, 1.54) is 0 Å². The van der Waals surface area contributed by atoms with Gasteiger partial charge in [-0.25, -0.2) is 0 Å². The van der Waals surface area contributed by atoms with Gasteiger partial charge in [0.25, 0.3) is 5.91 Å². The lowest BCUT2D eigenvalue weighted by molar-refractivity contribution is 0.100. The number of halogens is 2. The summed E-state index contributed by atoms with van der Waals surface area (Å²) in [5, 5.41) is 1.41. The molecular formula is C18H16Cl2N2OS. The van der Waals surface area contributed by atoms with Crippen molar-refractivity contribution in [3.8, 4) is 0 Å². The van der Waals surface area contributed by atoms with Gasteiger partial charge < -0.3 is 4.90 Å². The second-order valence-electron chi connectivity index (χ2n) is 5.40. The van der Waals surface area contributed by atoms with Crippen molar-refractivity contribution in [1.82, 2.24) is 4.90 Å². The van der Waals surface area contributed by atoms with Crippen LogP contribution in [0.25, 0.3) is 0 Å². The lowest BCUT2D eigenvalue weighted by atomic mass is 10.2. The maximum atomic E-state index is 12.4. The van der Waals surface area contributed by atoms with Crippen LogP contribution in [0.15, 0.2) is 59.6 Å². The van der Waals surface area contributed by atoms with Gasteiger partial charge in [0, 0.05) is 28.8 Å². The molecule has 1 aliphatic rings. The molecule has 1 unspecified atom stereocenters. The standard InChI is InChI=1S/C18H16Cl2N2OS/c19-10-15-12-24-18(21-17(23)13-6-2-1-3-7-13)22(15)11-14-8-4-5-9-16(14)20/h1-9,15H,10-12H2. The molecule has 0 aromatic heterocycles. The first-order valence-corrected chi connectivity index (χ1v) is 9.45. The average Bonchev–Trinajstić information content (AvgIpc) is 2.99. The van der Waals surface area contributed by atoms with Crippen LogP contribution in [-0.2, 0) is 6.54 Å². The minimum absolute atomic E-state index is 0.135. The van der Waals surface area contributed by atoms with E-state index in [9.17, 15) is 4.79 Å². The van der Waals surface area contributed by atoms with Crippen molar-refractivity contribution >= 4 is 46.0 Å². The van der Waals surface area contributed by atoms with Crippen molar-refractivity contribution in [2.45, 2.75) is 12.6 Å². The first kappa shape index (κ1) is 17.3. The third-order valence-corrected chi connectivity index (χ3v) is 5.65. The summed E-state index contributed by atoms with van der Waals surface area (Å²) in [5.74, 6) is 1.06. The van der Waals surface area contributed by atoms with Crippen LogP contribution in [0.4, 0.5) is 0 Å². The number of aliphatic imine (C=N–C) groups is 1. The minimum Gasteiger partial charge on any atom is -0.342 e. The maximum Gasteiger partial charge on any atom is 0.279 e. The molecule has 0 N–H and O–H groups in total. The number of rotatable bonds is 4. The van der Waals surface area contributed by atoms with Gasteiger partial charge in [-0.05, 0) is 23.8 Å².